The number of benzene rings is 2. The molecule has 0 radical (unpaired) electrons. The number of nitrogens with zero attached hydrogens (tertiary/aromatic N) is 3. The van der Waals surface area contributed by atoms with E-state index < -0.39 is 17.8 Å². The summed E-state index contributed by atoms with van der Waals surface area (Å²) in [6.45, 7) is 5.46. The highest BCUT2D eigenvalue weighted by Crippen LogP contribution is 2.33. The van der Waals surface area contributed by atoms with Gasteiger partial charge < -0.3 is 5.32 Å². The summed E-state index contributed by atoms with van der Waals surface area (Å²) in [6.07, 6.45) is -3.65. The Kier molecular flexibility index (Phi) is 5.95. The normalized spacial score (nSPS) is 11.7. The van der Waals surface area contributed by atoms with E-state index in [1.807, 2.05) is 26.0 Å². The maximum absolute atomic E-state index is 13.8. The lowest BCUT2D eigenvalue weighted by Gasteiger charge is -2.12. The lowest BCUT2D eigenvalue weighted by Crippen LogP contribution is -2.16. The van der Waals surface area contributed by atoms with Crippen LogP contribution in [0.4, 0.5) is 18.9 Å². The van der Waals surface area contributed by atoms with Crippen molar-refractivity contribution in [1.82, 2.24) is 14.6 Å². The van der Waals surface area contributed by atoms with Gasteiger partial charge in [-0.25, -0.2) is 9.50 Å². The number of aromatic nitrogens is 3. The molecule has 0 saturated carbocycles. The summed E-state index contributed by atoms with van der Waals surface area (Å²) in [5, 5.41) is 6.40. The zero-order valence-electron chi connectivity index (χ0n) is 18.6. The largest absolute Gasteiger partial charge is 0.433 e. The maximum atomic E-state index is 13.8. The van der Waals surface area contributed by atoms with Crippen molar-refractivity contribution in [2.24, 2.45) is 0 Å². The Labute approximate surface area is 193 Å². The summed E-state index contributed by atoms with van der Waals surface area (Å²) in [6, 6.07) is 14.2. The standard InChI is InChI=1S/C25H21F3N4O2/c1-14(2)16-4-6-18(7-5-16)21-12-22(25(26,27)28)32-23(31-21)20(13-29-32)24(34)30-19-10-8-17(9-11-19)15(3)33/h4-14H,1-3H3,(H,30,34). The molecule has 0 aliphatic heterocycles. The predicted octanol–water partition coefficient (Wildman–Crippen LogP) is 5.99. The van der Waals surface area contributed by atoms with Crippen LogP contribution in [-0.2, 0) is 6.18 Å². The number of halogens is 3. The first-order valence-corrected chi connectivity index (χ1v) is 10.5. The smallest absolute Gasteiger partial charge is 0.322 e. The molecule has 2 aromatic heterocycles. The third-order valence-corrected chi connectivity index (χ3v) is 5.43. The van der Waals surface area contributed by atoms with Crippen molar-refractivity contribution in [3.8, 4) is 11.3 Å². The van der Waals surface area contributed by atoms with Gasteiger partial charge in [0.1, 0.15) is 5.56 Å². The van der Waals surface area contributed by atoms with Gasteiger partial charge in [0.25, 0.3) is 5.91 Å². The Balaban J connectivity index is 1.76. The molecule has 1 N–H and O–H groups in total. The highest BCUT2D eigenvalue weighted by molar-refractivity contribution is 6.08. The Bertz CT molecular complexity index is 1370. The molecule has 6 nitrogen and oxygen atoms in total. The fourth-order valence-electron chi connectivity index (χ4n) is 3.50. The van der Waals surface area contributed by atoms with E-state index in [1.165, 1.54) is 19.1 Å². The number of hydrogen-bond donors (Lipinski definition) is 1. The van der Waals surface area contributed by atoms with Crippen LogP contribution in [0.2, 0.25) is 0 Å². The first kappa shape index (κ1) is 23.2. The number of carbonyl (C=O) groups is 2. The van der Waals surface area contributed by atoms with Crippen molar-refractivity contribution >= 4 is 23.0 Å². The van der Waals surface area contributed by atoms with Gasteiger partial charge in [0.2, 0.25) is 0 Å². The fourth-order valence-corrected chi connectivity index (χ4v) is 3.50. The van der Waals surface area contributed by atoms with Crippen LogP contribution in [-0.4, -0.2) is 26.3 Å². The number of fused-ring (bicyclic) bond motifs is 1. The second kappa shape index (κ2) is 8.74. The van der Waals surface area contributed by atoms with Crippen LogP contribution < -0.4 is 5.32 Å². The highest BCUT2D eigenvalue weighted by atomic mass is 19.4. The lowest BCUT2D eigenvalue weighted by molar-refractivity contribution is -0.142. The number of alkyl halides is 3. The molecule has 0 unspecified atom stereocenters. The fraction of sp³-hybridized carbons (Fsp3) is 0.200. The van der Waals surface area contributed by atoms with Crippen molar-refractivity contribution in [2.45, 2.75) is 32.9 Å². The van der Waals surface area contributed by atoms with Gasteiger partial charge in [0.05, 0.1) is 11.9 Å². The second-order valence-corrected chi connectivity index (χ2v) is 8.18. The Morgan fingerprint density at radius 2 is 1.65 bits per heavy atom. The van der Waals surface area contributed by atoms with Gasteiger partial charge in [-0.3, -0.25) is 9.59 Å². The van der Waals surface area contributed by atoms with Crippen LogP contribution in [0.3, 0.4) is 0 Å². The van der Waals surface area contributed by atoms with Crippen molar-refractivity contribution in [3.05, 3.63) is 83.2 Å². The molecule has 34 heavy (non-hydrogen) atoms. The second-order valence-electron chi connectivity index (χ2n) is 8.18. The molecule has 4 aromatic rings. The molecule has 0 aliphatic carbocycles. The molecule has 0 fully saturated rings. The van der Waals surface area contributed by atoms with Crippen molar-refractivity contribution in [3.63, 3.8) is 0 Å². The number of Topliss-reactive ketones (excluding diaryl/α,β-unsaturated/α-hetero) is 1. The number of anilines is 1. The van der Waals surface area contributed by atoms with Crippen molar-refractivity contribution < 1.29 is 22.8 Å². The van der Waals surface area contributed by atoms with E-state index in [4.69, 9.17) is 0 Å². The zero-order chi connectivity index (χ0) is 24.6. The van der Waals surface area contributed by atoms with Gasteiger partial charge in [-0.2, -0.15) is 18.3 Å². The quantitative estimate of drug-likeness (QED) is 0.367. The first-order valence-electron chi connectivity index (χ1n) is 10.5. The van der Waals surface area contributed by atoms with Crippen LogP contribution in [0.25, 0.3) is 16.9 Å². The van der Waals surface area contributed by atoms with Crippen LogP contribution in [0.1, 0.15) is 58.7 Å². The average molecular weight is 466 g/mol. The van der Waals surface area contributed by atoms with Crippen LogP contribution in [0.15, 0.2) is 60.8 Å². The minimum atomic E-state index is -4.71. The minimum Gasteiger partial charge on any atom is -0.322 e. The molecule has 1 amide bonds. The van der Waals surface area contributed by atoms with Gasteiger partial charge in [-0.1, -0.05) is 38.1 Å². The SMILES string of the molecule is CC(=O)c1ccc(NC(=O)c2cnn3c(C(F)(F)F)cc(-c4ccc(C(C)C)cc4)nc23)cc1. The topological polar surface area (TPSA) is 76.4 Å². The third kappa shape index (κ3) is 4.54. The third-order valence-electron chi connectivity index (χ3n) is 5.43. The van der Waals surface area contributed by atoms with E-state index in [1.54, 1.807) is 24.3 Å². The number of hydrogen-bond acceptors (Lipinski definition) is 4. The molecule has 0 saturated heterocycles. The van der Waals surface area contributed by atoms with Gasteiger partial charge in [0.15, 0.2) is 17.1 Å². The molecule has 9 heteroatoms. The van der Waals surface area contributed by atoms with E-state index in [0.29, 0.717) is 21.3 Å². The predicted molar refractivity (Wildman–Crippen MR) is 122 cm³/mol. The Morgan fingerprint density at radius 1 is 1.00 bits per heavy atom. The van der Waals surface area contributed by atoms with Crippen molar-refractivity contribution in [2.75, 3.05) is 5.32 Å². The molecule has 0 spiro atoms. The molecule has 4 rings (SSSR count). The summed E-state index contributed by atoms with van der Waals surface area (Å²) in [4.78, 5) is 28.7. The lowest BCUT2D eigenvalue weighted by atomic mass is 10.0. The van der Waals surface area contributed by atoms with Gasteiger partial charge in [-0.05, 0) is 48.7 Å². The average Bonchev–Trinajstić information content (AvgIpc) is 3.22. The van der Waals surface area contributed by atoms with E-state index in [9.17, 15) is 22.8 Å². The number of amides is 1. The Morgan fingerprint density at radius 3 is 2.21 bits per heavy atom. The molecular formula is C25H21F3N4O2. The first-order chi connectivity index (χ1) is 16.0. The van der Waals surface area contributed by atoms with E-state index in [-0.39, 0.29) is 28.6 Å². The Hall–Kier alpha value is -4.01. The maximum Gasteiger partial charge on any atom is 0.433 e. The summed E-state index contributed by atoms with van der Waals surface area (Å²) < 4.78 is 42.1. The minimum absolute atomic E-state index is 0.0792. The van der Waals surface area contributed by atoms with Crippen LogP contribution in [0.5, 0.6) is 0 Å². The van der Waals surface area contributed by atoms with E-state index in [2.05, 4.69) is 15.4 Å². The van der Waals surface area contributed by atoms with Crippen LogP contribution in [0, 0.1) is 0 Å². The summed E-state index contributed by atoms with van der Waals surface area (Å²) in [7, 11) is 0. The number of carbonyl (C=O) groups excluding carboxylic acids is 2. The van der Waals surface area contributed by atoms with Gasteiger partial charge in [0, 0.05) is 16.8 Å². The van der Waals surface area contributed by atoms with Gasteiger partial charge in [-0.15, -0.1) is 0 Å². The molecule has 0 aliphatic rings. The molecule has 2 aromatic carbocycles. The van der Waals surface area contributed by atoms with E-state index >= 15 is 0 Å². The molecule has 174 valence electrons. The molecular weight excluding hydrogens is 445 g/mol. The molecule has 2 heterocycles. The summed E-state index contributed by atoms with van der Waals surface area (Å²) in [5.74, 6) is -0.526. The number of rotatable bonds is 5. The van der Waals surface area contributed by atoms with Gasteiger partial charge >= 0.3 is 6.18 Å². The van der Waals surface area contributed by atoms with Crippen molar-refractivity contribution in [1.29, 1.82) is 0 Å². The zero-order valence-corrected chi connectivity index (χ0v) is 18.6. The molecule has 0 atom stereocenters. The number of nitrogens with one attached hydrogen (secondary N) is 1. The number of ketones is 1. The highest BCUT2D eigenvalue weighted by Gasteiger charge is 2.36. The summed E-state index contributed by atoms with van der Waals surface area (Å²) >= 11 is 0. The monoisotopic (exact) mass is 466 g/mol. The molecule has 0 bridgehead atoms. The summed E-state index contributed by atoms with van der Waals surface area (Å²) in [5.41, 5.74) is 1.11. The van der Waals surface area contributed by atoms with Crippen LogP contribution >= 0.6 is 0 Å². The van der Waals surface area contributed by atoms with E-state index in [0.717, 1.165) is 17.8 Å².